The second-order valence-corrected chi connectivity index (χ2v) is 5.46. The standard InChI is InChI=1S/C15H17NS/c17-10-16-15-8-7-13(11-3-1-4-11)9-14(15)12-5-2-6-12/h7-9,11-12H,1-6H2. The van der Waals surface area contributed by atoms with Crippen LogP contribution in [0, 0.1) is 0 Å². The summed E-state index contributed by atoms with van der Waals surface area (Å²) in [5, 5.41) is 2.51. The molecule has 0 heterocycles. The van der Waals surface area contributed by atoms with Gasteiger partial charge in [-0.1, -0.05) is 25.0 Å². The van der Waals surface area contributed by atoms with Gasteiger partial charge in [-0.05, 0) is 66.9 Å². The van der Waals surface area contributed by atoms with E-state index in [1.165, 1.54) is 49.7 Å². The Morgan fingerprint density at radius 2 is 1.76 bits per heavy atom. The molecule has 0 saturated heterocycles. The Morgan fingerprint density at radius 3 is 2.29 bits per heavy atom. The summed E-state index contributed by atoms with van der Waals surface area (Å²) >= 11 is 4.74. The Morgan fingerprint density at radius 1 is 1.06 bits per heavy atom. The molecule has 0 radical (unpaired) electrons. The first-order chi connectivity index (χ1) is 8.38. The lowest BCUT2D eigenvalue weighted by molar-refractivity contribution is 0.410. The Balaban J connectivity index is 1.96. The fourth-order valence-electron chi connectivity index (χ4n) is 2.77. The molecule has 0 amide bonds. The van der Waals surface area contributed by atoms with E-state index in [0.29, 0.717) is 0 Å². The predicted molar refractivity (Wildman–Crippen MR) is 74.3 cm³/mol. The Labute approximate surface area is 108 Å². The van der Waals surface area contributed by atoms with E-state index in [1.54, 1.807) is 0 Å². The van der Waals surface area contributed by atoms with Crippen LogP contribution in [0.1, 0.15) is 61.5 Å². The van der Waals surface area contributed by atoms with E-state index in [4.69, 9.17) is 12.2 Å². The molecular formula is C15H17NS. The van der Waals surface area contributed by atoms with E-state index in [1.807, 2.05) is 0 Å². The fourth-order valence-corrected chi connectivity index (χ4v) is 2.86. The molecule has 0 bridgehead atoms. The number of benzene rings is 1. The van der Waals surface area contributed by atoms with Crippen LogP contribution >= 0.6 is 12.2 Å². The first-order valence-corrected chi connectivity index (χ1v) is 7.01. The van der Waals surface area contributed by atoms with Gasteiger partial charge in [0.05, 0.1) is 10.8 Å². The second-order valence-electron chi connectivity index (χ2n) is 5.28. The Kier molecular flexibility index (Phi) is 3.09. The van der Waals surface area contributed by atoms with Gasteiger partial charge in [0.25, 0.3) is 0 Å². The highest BCUT2D eigenvalue weighted by Gasteiger charge is 2.25. The number of thiocarbonyl (C=S) groups is 1. The molecule has 2 heteroatoms. The lowest BCUT2D eigenvalue weighted by Crippen LogP contribution is -2.12. The zero-order valence-electron chi connectivity index (χ0n) is 9.98. The van der Waals surface area contributed by atoms with Crippen molar-refractivity contribution in [2.45, 2.75) is 50.4 Å². The van der Waals surface area contributed by atoms with Crippen LogP contribution in [0.25, 0.3) is 0 Å². The van der Waals surface area contributed by atoms with E-state index >= 15 is 0 Å². The maximum atomic E-state index is 4.74. The van der Waals surface area contributed by atoms with Crippen molar-refractivity contribution < 1.29 is 0 Å². The summed E-state index contributed by atoms with van der Waals surface area (Å²) in [4.78, 5) is 4.22. The predicted octanol–water partition coefficient (Wildman–Crippen LogP) is 4.96. The molecular weight excluding hydrogens is 226 g/mol. The minimum Gasteiger partial charge on any atom is -0.194 e. The topological polar surface area (TPSA) is 12.4 Å². The number of isothiocyanates is 1. The summed E-state index contributed by atoms with van der Waals surface area (Å²) in [5.74, 6) is 1.52. The van der Waals surface area contributed by atoms with Gasteiger partial charge >= 0.3 is 0 Å². The van der Waals surface area contributed by atoms with Crippen LogP contribution in [-0.4, -0.2) is 5.16 Å². The molecule has 0 aliphatic heterocycles. The number of hydrogen-bond donors (Lipinski definition) is 0. The average Bonchev–Trinajstić information content (AvgIpc) is 2.17. The molecule has 0 atom stereocenters. The van der Waals surface area contributed by atoms with Crippen molar-refractivity contribution in [3.05, 3.63) is 29.3 Å². The van der Waals surface area contributed by atoms with Gasteiger partial charge in [0, 0.05) is 0 Å². The van der Waals surface area contributed by atoms with Crippen molar-refractivity contribution in [3.63, 3.8) is 0 Å². The average molecular weight is 243 g/mol. The van der Waals surface area contributed by atoms with Crippen molar-refractivity contribution >= 4 is 23.1 Å². The van der Waals surface area contributed by atoms with E-state index in [-0.39, 0.29) is 0 Å². The lowest BCUT2D eigenvalue weighted by atomic mass is 9.75. The minimum atomic E-state index is 0.720. The van der Waals surface area contributed by atoms with Gasteiger partial charge in [0.1, 0.15) is 0 Å². The number of hydrogen-bond acceptors (Lipinski definition) is 2. The Bertz CT molecular complexity index is 466. The molecule has 1 nitrogen and oxygen atoms in total. The smallest absolute Gasteiger partial charge is 0.0774 e. The van der Waals surface area contributed by atoms with E-state index in [2.05, 4.69) is 28.4 Å². The molecule has 2 saturated carbocycles. The molecule has 3 rings (SSSR count). The van der Waals surface area contributed by atoms with Crippen LogP contribution in [0.3, 0.4) is 0 Å². The first-order valence-electron chi connectivity index (χ1n) is 6.60. The minimum absolute atomic E-state index is 0.720. The molecule has 88 valence electrons. The maximum Gasteiger partial charge on any atom is 0.0774 e. The van der Waals surface area contributed by atoms with Crippen molar-refractivity contribution in [1.29, 1.82) is 0 Å². The lowest BCUT2D eigenvalue weighted by Gasteiger charge is -2.30. The molecule has 2 fully saturated rings. The second kappa shape index (κ2) is 4.72. The normalized spacial score (nSPS) is 20.2. The van der Waals surface area contributed by atoms with Gasteiger partial charge < -0.3 is 0 Å². The fraction of sp³-hybridized carbons (Fsp3) is 0.533. The zero-order valence-corrected chi connectivity index (χ0v) is 10.8. The van der Waals surface area contributed by atoms with Crippen molar-refractivity contribution in [1.82, 2.24) is 0 Å². The zero-order chi connectivity index (χ0) is 11.7. The maximum absolute atomic E-state index is 4.74. The third kappa shape index (κ3) is 2.08. The molecule has 1 aromatic carbocycles. The quantitative estimate of drug-likeness (QED) is 0.540. The summed E-state index contributed by atoms with van der Waals surface area (Å²) in [5.41, 5.74) is 3.98. The van der Waals surface area contributed by atoms with Crippen molar-refractivity contribution in [3.8, 4) is 0 Å². The van der Waals surface area contributed by atoms with Crippen LogP contribution < -0.4 is 0 Å². The van der Waals surface area contributed by atoms with E-state index < -0.39 is 0 Å². The van der Waals surface area contributed by atoms with Gasteiger partial charge in [0.15, 0.2) is 0 Å². The third-order valence-corrected chi connectivity index (χ3v) is 4.43. The van der Waals surface area contributed by atoms with Crippen molar-refractivity contribution in [2.75, 3.05) is 0 Å². The molecule has 0 unspecified atom stereocenters. The Hall–Kier alpha value is -0.980. The van der Waals surface area contributed by atoms with Crippen LogP contribution in [0.15, 0.2) is 23.2 Å². The number of rotatable bonds is 3. The summed E-state index contributed by atoms with van der Waals surface area (Å²) in [7, 11) is 0. The molecule has 17 heavy (non-hydrogen) atoms. The molecule has 0 N–H and O–H groups in total. The van der Waals surface area contributed by atoms with Crippen LogP contribution in [-0.2, 0) is 0 Å². The highest BCUT2D eigenvalue weighted by molar-refractivity contribution is 7.78. The van der Waals surface area contributed by atoms with Gasteiger partial charge in [-0.25, -0.2) is 0 Å². The summed E-state index contributed by atoms with van der Waals surface area (Å²) < 4.78 is 0. The van der Waals surface area contributed by atoms with Gasteiger partial charge in [-0.15, -0.1) is 0 Å². The summed E-state index contributed by atoms with van der Waals surface area (Å²) in [6, 6.07) is 6.76. The van der Waals surface area contributed by atoms with Crippen LogP contribution in [0.4, 0.5) is 5.69 Å². The molecule has 2 aliphatic rings. The SMILES string of the molecule is S=C=Nc1ccc(C2CCC2)cc1C1CCC1. The highest BCUT2D eigenvalue weighted by atomic mass is 32.1. The van der Waals surface area contributed by atoms with Gasteiger partial charge in [-0.2, -0.15) is 4.99 Å². The summed E-state index contributed by atoms with van der Waals surface area (Å²) in [6.45, 7) is 0. The van der Waals surface area contributed by atoms with Crippen LogP contribution in [0.5, 0.6) is 0 Å². The molecule has 1 aromatic rings. The number of nitrogens with zero attached hydrogens (tertiary/aromatic N) is 1. The highest BCUT2D eigenvalue weighted by Crippen LogP contribution is 2.44. The molecule has 0 spiro atoms. The van der Waals surface area contributed by atoms with Gasteiger partial charge in [-0.3, -0.25) is 0 Å². The first kappa shape index (κ1) is 11.1. The van der Waals surface area contributed by atoms with E-state index in [0.717, 1.165) is 17.5 Å². The third-order valence-electron chi connectivity index (χ3n) is 4.34. The molecule has 2 aliphatic carbocycles. The van der Waals surface area contributed by atoms with E-state index in [9.17, 15) is 0 Å². The van der Waals surface area contributed by atoms with Gasteiger partial charge in [0.2, 0.25) is 0 Å². The van der Waals surface area contributed by atoms with Crippen molar-refractivity contribution in [2.24, 2.45) is 4.99 Å². The number of aliphatic imine (C=N–C) groups is 1. The monoisotopic (exact) mass is 243 g/mol. The summed E-state index contributed by atoms with van der Waals surface area (Å²) in [6.07, 6.45) is 8.10. The molecule has 0 aromatic heterocycles. The largest absolute Gasteiger partial charge is 0.194 e. The van der Waals surface area contributed by atoms with Crippen LogP contribution in [0.2, 0.25) is 0 Å².